The normalized spacial score (nSPS) is 30.2. The molecule has 2 rings (SSSR count). The van der Waals surface area contributed by atoms with Gasteiger partial charge in [0.05, 0.1) is 13.2 Å². The van der Waals surface area contributed by atoms with Gasteiger partial charge < -0.3 is 14.8 Å². The van der Waals surface area contributed by atoms with Crippen LogP contribution in [0.2, 0.25) is 18.1 Å². The third-order valence-electron chi connectivity index (χ3n) is 5.22. The Balaban J connectivity index is 1.81. The summed E-state index contributed by atoms with van der Waals surface area (Å²) in [4.78, 5) is 12.9. The summed E-state index contributed by atoms with van der Waals surface area (Å²) in [7, 11) is -2.07. The van der Waals surface area contributed by atoms with Gasteiger partial charge in [-0.3, -0.25) is 4.90 Å². The van der Waals surface area contributed by atoms with Gasteiger partial charge in [-0.25, -0.2) is 0 Å². The summed E-state index contributed by atoms with van der Waals surface area (Å²) >= 11 is 0. The van der Waals surface area contributed by atoms with Crippen LogP contribution in [0.4, 0.5) is 0 Å². The van der Waals surface area contributed by atoms with E-state index in [1.807, 2.05) is 0 Å². The van der Waals surface area contributed by atoms with Crippen LogP contribution < -0.4 is 5.32 Å². The summed E-state index contributed by atoms with van der Waals surface area (Å²) in [5.41, 5.74) is 0. The zero-order chi connectivity index (χ0) is 14.1. The Morgan fingerprint density at radius 3 is 2.84 bits per heavy atom. The number of nitrogens with zero attached hydrogens (tertiary/aromatic N) is 1. The van der Waals surface area contributed by atoms with Crippen molar-refractivity contribution in [2.75, 3.05) is 32.8 Å². The van der Waals surface area contributed by atoms with Crippen LogP contribution >= 0.6 is 0 Å². The van der Waals surface area contributed by atoms with E-state index < -0.39 is 8.32 Å². The second-order valence-electron chi connectivity index (χ2n) is 7.31. The Kier molecular flexibility index (Phi) is 4.73. The van der Waals surface area contributed by atoms with Gasteiger partial charge in [-0.1, -0.05) is 13.8 Å². The van der Waals surface area contributed by atoms with Crippen molar-refractivity contribution in [3.8, 4) is 0 Å². The van der Waals surface area contributed by atoms with Crippen LogP contribution in [0.15, 0.2) is 0 Å². The molecule has 0 saturated carbocycles. The summed E-state index contributed by atoms with van der Waals surface area (Å²) in [6, 6.07) is 1.15. The number of hydrogen-bond donors (Lipinski definition) is 2. The average Bonchev–Trinajstić information content (AvgIpc) is 2.35. The van der Waals surface area contributed by atoms with Gasteiger partial charge in [0.15, 0.2) is 8.32 Å². The second-order valence-corrected chi connectivity index (χ2v) is 11.8. The summed E-state index contributed by atoms with van der Waals surface area (Å²) < 4.78 is 5.52. The Hall–Kier alpha value is 0.0569. The van der Waals surface area contributed by atoms with E-state index in [9.17, 15) is 4.80 Å². The lowest BCUT2D eigenvalue weighted by molar-refractivity contribution is -0.0270. The van der Waals surface area contributed by atoms with Crippen molar-refractivity contribution in [3.05, 3.63) is 0 Å². The van der Waals surface area contributed by atoms with Gasteiger partial charge in [0.1, 0.15) is 0 Å². The topological polar surface area (TPSA) is 44.7 Å². The van der Waals surface area contributed by atoms with Gasteiger partial charge in [0, 0.05) is 31.7 Å². The predicted molar refractivity (Wildman–Crippen MR) is 80.9 cm³/mol. The SMILES string of the molecule is CC(C)(CC[C@@H]1CN2CCOC[C@@H]2CN1)[Si](C)(C)O. The monoisotopic (exact) mass is 286 g/mol. The molecule has 0 aromatic heterocycles. The number of ether oxygens (including phenoxy) is 1. The first-order valence-corrected chi connectivity index (χ1v) is 10.5. The molecular formula is C14H30N2O2Si. The minimum Gasteiger partial charge on any atom is -0.432 e. The molecule has 0 aromatic rings. The van der Waals surface area contributed by atoms with Crippen LogP contribution in [0.25, 0.3) is 0 Å². The molecule has 0 bridgehead atoms. The molecule has 2 aliphatic rings. The molecule has 2 saturated heterocycles. The van der Waals surface area contributed by atoms with Crippen molar-refractivity contribution in [1.29, 1.82) is 0 Å². The van der Waals surface area contributed by atoms with E-state index in [1.54, 1.807) is 0 Å². The Bertz CT molecular complexity index is 304. The molecule has 19 heavy (non-hydrogen) atoms. The fraction of sp³-hybridized carbons (Fsp3) is 1.00. The van der Waals surface area contributed by atoms with E-state index in [4.69, 9.17) is 4.74 Å². The Morgan fingerprint density at radius 2 is 2.16 bits per heavy atom. The summed E-state index contributed by atoms with van der Waals surface area (Å²) in [5, 5.41) is 3.75. The lowest BCUT2D eigenvalue weighted by atomic mass is 9.99. The number of fused-ring (bicyclic) bond motifs is 1. The highest BCUT2D eigenvalue weighted by molar-refractivity contribution is 6.72. The molecule has 0 unspecified atom stereocenters. The highest BCUT2D eigenvalue weighted by Gasteiger charge is 2.38. The second kappa shape index (κ2) is 5.82. The fourth-order valence-corrected chi connectivity index (χ4v) is 3.56. The minimum absolute atomic E-state index is 0.0938. The van der Waals surface area contributed by atoms with Gasteiger partial charge >= 0.3 is 0 Å². The fourth-order valence-electron chi connectivity index (χ4n) is 2.80. The molecule has 2 N–H and O–H groups in total. The number of hydrogen-bond acceptors (Lipinski definition) is 4. The maximum atomic E-state index is 10.4. The van der Waals surface area contributed by atoms with Crippen molar-refractivity contribution < 1.29 is 9.53 Å². The zero-order valence-corrected chi connectivity index (χ0v) is 13.9. The molecular weight excluding hydrogens is 256 g/mol. The lowest BCUT2D eigenvalue weighted by Crippen LogP contribution is -2.60. The quantitative estimate of drug-likeness (QED) is 0.767. The predicted octanol–water partition coefficient (Wildman–Crippen LogP) is 1.42. The number of rotatable bonds is 4. The van der Waals surface area contributed by atoms with Crippen molar-refractivity contribution in [2.24, 2.45) is 0 Å². The molecule has 0 aromatic carbocycles. The number of piperazine rings is 1. The van der Waals surface area contributed by atoms with Crippen LogP contribution in [0.3, 0.4) is 0 Å². The molecule has 0 spiro atoms. The first-order chi connectivity index (χ1) is 8.79. The molecule has 112 valence electrons. The standard InChI is InChI=1S/C14H30N2O2Si/c1-14(2,19(3,4)17)6-5-12-10-16-7-8-18-11-13(16)9-15-12/h12-13,15,17H,5-11H2,1-4H3/t12-,13+/m1/s1. The highest BCUT2D eigenvalue weighted by Crippen LogP contribution is 2.40. The van der Waals surface area contributed by atoms with Crippen LogP contribution in [0.1, 0.15) is 26.7 Å². The zero-order valence-electron chi connectivity index (χ0n) is 12.9. The van der Waals surface area contributed by atoms with Crippen molar-refractivity contribution >= 4 is 8.32 Å². The van der Waals surface area contributed by atoms with Gasteiger partial charge in [-0.05, 0) is 31.0 Å². The summed E-state index contributed by atoms with van der Waals surface area (Å²) in [6.07, 6.45) is 2.27. The molecule has 0 radical (unpaired) electrons. The molecule has 0 aliphatic carbocycles. The van der Waals surface area contributed by atoms with Crippen molar-refractivity contribution in [2.45, 2.75) is 56.9 Å². The van der Waals surface area contributed by atoms with E-state index in [1.165, 1.54) is 0 Å². The van der Waals surface area contributed by atoms with Gasteiger partial charge in [0.2, 0.25) is 0 Å². The van der Waals surface area contributed by atoms with E-state index in [-0.39, 0.29) is 5.04 Å². The maximum absolute atomic E-state index is 10.4. The third kappa shape index (κ3) is 3.79. The lowest BCUT2D eigenvalue weighted by Gasteiger charge is -2.44. The van der Waals surface area contributed by atoms with Gasteiger partial charge in [-0.2, -0.15) is 0 Å². The van der Waals surface area contributed by atoms with Gasteiger partial charge in [0.25, 0.3) is 0 Å². The molecule has 4 nitrogen and oxygen atoms in total. The molecule has 2 atom stereocenters. The first-order valence-electron chi connectivity index (χ1n) is 7.57. The van der Waals surface area contributed by atoms with Crippen LogP contribution in [0, 0.1) is 0 Å². The maximum Gasteiger partial charge on any atom is 0.188 e. The Labute approximate surface area is 118 Å². The number of morpholine rings is 1. The highest BCUT2D eigenvalue weighted by atomic mass is 28.4. The largest absolute Gasteiger partial charge is 0.432 e. The van der Waals surface area contributed by atoms with E-state index in [2.05, 4.69) is 37.2 Å². The van der Waals surface area contributed by atoms with Crippen LogP contribution in [0.5, 0.6) is 0 Å². The van der Waals surface area contributed by atoms with E-state index in [0.717, 1.165) is 45.7 Å². The van der Waals surface area contributed by atoms with E-state index >= 15 is 0 Å². The van der Waals surface area contributed by atoms with Gasteiger partial charge in [-0.15, -0.1) is 0 Å². The third-order valence-corrected chi connectivity index (χ3v) is 8.78. The Morgan fingerprint density at radius 1 is 1.42 bits per heavy atom. The average molecular weight is 286 g/mol. The molecule has 2 fully saturated rings. The van der Waals surface area contributed by atoms with Crippen LogP contribution in [-0.2, 0) is 4.74 Å². The minimum atomic E-state index is -2.07. The molecule has 2 aliphatic heterocycles. The molecule has 2 heterocycles. The van der Waals surface area contributed by atoms with Crippen molar-refractivity contribution in [1.82, 2.24) is 10.2 Å². The first kappa shape index (κ1) is 15.4. The van der Waals surface area contributed by atoms with Crippen LogP contribution in [-0.4, -0.2) is 62.9 Å². The van der Waals surface area contributed by atoms with E-state index in [0.29, 0.717) is 12.1 Å². The molecule has 0 amide bonds. The number of nitrogens with one attached hydrogen (secondary N) is 1. The van der Waals surface area contributed by atoms with Crippen molar-refractivity contribution in [3.63, 3.8) is 0 Å². The smallest absolute Gasteiger partial charge is 0.188 e. The summed E-state index contributed by atoms with van der Waals surface area (Å²) in [5.74, 6) is 0. The molecule has 5 heteroatoms. The summed E-state index contributed by atoms with van der Waals surface area (Å²) in [6.45, 7) is 13.6.